The lowest BCUT2D eigenvalue weighted by Gasteiger charge is -2.06. The third-order valence-corrected chi connectivity index (χ3v) is 3.12. The van der Waals surface area contributed by atoms with E-state index < -0.39 is 0 Å². The minimum absolute atomic E-state index is 0.221. The zero-order chi connectivity index (χ0) is 13.2. The zero-order valence-corrected chi connectivity index (χ0v) is 10.8. The SMILES string of the molecule is NCCCSCC(=O)NNC(=O)c1ccccc1. The normalized spacial score (nSPS) is 9.83. The van der Waals surface area contributed by atoms with Crippen molar-refractivity contribution in [3.63, 3.8) is 0 Å². The van der Waals surface area contributed by atoms with Crippen molar-refractivity contribution >= 4 is 23.6 Å². The Balaban J connectivity index is 2.20. The summed E-state index contributed by atoms with van der Waals surface area (Å²) < 4.78 is 0. The number of hydrogen-bond donors (Lipinski definition) is 3. The number of hydrazine groups is 1. The molecule has 0 unspecified atom stereocenters. The maximum atomic E-state index is 11.6. The average molecular weight is 267 g/mol. The summed E-state index contributed by atoms with van der Waals surface area (Å²) in [6.45, 7) is 0.624. The minimum Gasteiger partial charge on any atom is -0.330 e. The molecule has 1 rings (SSSR count). The quantitative estimate of drug-likeness (QED) is 0.518. The summed E-state index contributed by atoms with van der Waals surface area (Å²) in [5.74, 6) is 0.614. The van der Waals surface area contributed by atoms with Gasteiger partial charge < -0.3 is 5.73 Å². The van der Waals surface area contributed by atoms with Crippen LogP contribution in [-0.4, -0.2) is 29.9 Å². The zero-order valence-electron chi connectivity index (χ0n) is 10.0. The van der Waals surface area contributed by atoms with Crippen LogP contribution < -0.4 is 16.6 Å². The van der Waals surface area contributed by atoms with E-state index in [1.54, 1.807) is 24.3 Å². The summed E-state index contributed by atoms with van der Waals surface area (Å²) >= 11 is 1.49. The number of rotatable bonds is 6. The van der Waals surface area contributed by atoms with Gasteiger partial charge in [0.15, 0.2) is 0 Å². The lowest BCUT2D eigenvalue weighted by molar-refractivity contribution is -0.119. The maximum Gasteiger partial charge on any atom is 0.269 e. The molecule has 0 saturated heterocycles. The van der Waals surface area contributed by atoms with Crippen molar-refractivity contribution in [2.75, 3.05) is 18.1 Å². The Labute approximate surface area is 110 Å². The Morgan fingerprint density at radius 3 is 2.56 bits per heavy atom. The Bertz CT molecular complexity index is 384. The van der Waals surface area contributed by atoms with E-state index in [9.17, 15) is 9.59 Å². The van der Waals surface area contributed by atoms with Gasteiger partial charge in [-0.05, 0) is 30.9 Å². The third-order valence-electron chi connectivity index (χ3n) is 2.08. The minimum atomic E-state index is -0.323. The summed E-state index contributed by atoms with van der Waals surface area (Å²) in [6.07, 6.45) is 0.883. The van der Waals surface area contributed by atoms with Gasteiger partial charge in [0.25, 0.3) is 5.91 Å². The molecule has 0 aliphatic carbocycles. The van der Waals surface area contributed by atoms with Crippen molar-refractivity contribution in [3.05, 3.63) is 35.9 Å². The molecule has 1 aromatic rings. The molecule has 1 aromatic carbocycles. The predicted molar refractivity (Wildman–Crippen MR) is 73.0 cm³/mol. The molecule has 0 fully saturated rings. The van der Waals surface area contributed by atoms with E-state index in [1.165, 1.54) is 11.8 Å². The first-order chi connectivity index (χ1) is 8.74. The molecule has 0 atom stereocenters. The van der Waals surface area contributed by atoms with Crippen molar-refractivity contribution in [1.29, 1.82) is 0 Å². The van der Waals surface area contributed by atoms with Gasteiger partial charge in [-0.2, -0.15) is 11.8 Å². The highest BCUT2D eigenvalue weighted by Gasteiger charge is 2.06. The first kappa shape index (κ1) is 14.5. The molecular weight excluding hydrogens is 250 g/mol. The number of amides is 2. The van der Waals surface area contributed by atoms with Gasteiger partial charge in [0.2, 0.25) is 5.91 Å². The molecule has 0 aliphatic rings. The second kappa shape index (κ2) is 8.54. The predicted octanol–water partition coefficient (Wildman–Crippen LogP) is 0.530. The molecule has 0 aromatic heterocycles. The molecule has 18 heavy (non-hydrogen) atoms. The molecule has 0 heterocycles. The van der Waals surface area contributed by atoms with Gasteiger partial charge in [0, 0.05) is 5.56 Å². The number of thioether (sulfide) groups is 1. The largest absolute Gasteiger partial charge is 0.330 e. The molecule has 98 valence electrons. The van der Waals surface area contributed by atoms with Crippen molar-refractivity contribution in [3.8, 4) is 0 Å². The van der Waals surface area contributed by atoms with Crippen molar-refractivity contribution in [1.82, 2.24) is 10.9 Å². The highest BCUT2D eigenvalue weighted by Crippen LogP contribution is 2.00. The van der Waals surface area contributed by atoms with Crippen LogP contribution in [0.1, 0.15) is 16.8 Å². The number of carbonyl (C=O) groups excluding carboxylic acids is 2. The van der Waals surface area contributed by atoms with Crippen molar-refractivity contribution in [2.24, 2.45) is 5.73 Å². The van der Waals surface area contributed by atoms with E-state index in [2.05, 4.69) is 10.9 Å². The van der Waals surface area contributed by atoms with Gasteiger partial charge in [-0.15, -0.1) is 0 Å². The Hall–Kier alpha value is -1.53. The highest BCUT2D eigenvalue weighted by molar-refractivity contribution is 7.99. The number of carbonyl (C=O) groups is 2. The molecule has 6 heteroatoms. The van der Waals surface area contributed by atoms with Gasteiger partial charge in [-0.25, -0.2) is 0 Å². The summed E-state index contributed by atoms with van der Waals surface area (Å²) in [4.78, 5) is 22.9. The molecule has 5 nitrogen and oxygen atoms in total. The lowest BCUT2D eigenvalue weighted by Crippen LogP contribution is -2.42. The molecule has 4 N–H and O–H groups in total. The fourth-order valence-electron chi connectivity index (χ4n) is 1.17. The highest BCUT2D eigenvalue weighted by atomic mass is 32.2. The van der Waals surface area contributed by atoms with Crippen molar-refractivity contribution in [2.45, 2.75) is 6.42 Å². The molecule has 0 spiro atoms. The van der Waals surface area contributed by atoms with Gasteiger partial charge in [-0.1, -0.05) is 18.2 Å². The molecule has 0 saturated carbocycles. The fourth-order valence-corrected chi connectivity index (χ4v) is 1.95. The van der Waals surface area contributed by atoms with E-state index in [0.717, 1.165) is 12.2 Å². The van der Waals surface area contributed by atoms with E-state index in [-0.39, 0.29) is 11.8 Å². The van der Waals surface area contributed by atoms with Crippen LogP contribution in [0.2, 0.25) is 0 Å². The fraction of sp³-hybridized carbons (Fsp3) is 0.333. The van der Waals surface area contributed by atoms with E-state index in [4.69, 9.17) is 5.73 Å². The molecule has 0 bridgehead atoms. The summed E-state index contributed by atoms with van der Waals surface area (Å²) in [5.41, 5.74) is 10.6. The van der Waals surface area contributed by atoms with Crippen LogP contribution in [0.25, 0.3) is 0 Å². The van der Waals surface area contributed by atoms with Crippen molar-refractivity contribution < 1.29 is 9.59 Å². The number of benzene rings is 1. The second-order valence-electron chi connectivity index (χ2n) is 3.56. The van der Waals surface area contributed by atoms with Crippen LogP contribution in [-0.2, 0) is 4.79 Å². The topological polar surface area (TPSA) is 84.2 Å². The van der Waals surface area contributed by atoms with Crippen LogP contribution in [0, 0.1) is 0 Å². The first-order valence-electron chi connectivity index (χ1n) is 5.66. The van der Waals surface area contributed by atoms with Gasteiger partial charge in [0.05, 0.1) is 5.75 Å². The van der Waals surface area contributed by atoms with Gasteiger partial charge >= 0.3 is 0 Å². The van der Waals surface area contributed by atoms with Crippen LogP contribution >= 0.6 is 11.8 Å². The number of nitrogens with two attached hydrogens (primary N) is 1. The van der Waals surface area contributed by atoms with E-state index >= 15 is 0 Å². The first-order valence-corrected chi connectivity index (χ1v) is 6.81. The second-order valence-corrected chi connectivity index (χ2v) is 4.67. The third kappa shape index (κ3) is 5.70. The Morgan fingerprint density at radius 2 is 1.89 bits per heavy atom. The number of hydrogen-bond acceptors (Lipinski definition) is 4. The number of nitrogens with one attached hydrogen (secondary N) is 2. The lowest BCUT2D eigenvalue weighted by atomic mass is 10.2. The Morgan fingerprint density at radius 1 is 1.17 bits per heavy atom. The van der Waals surface area contributed by atoms with Crippen LogP contribution in [0.3, 0.4) is 0 Å². The average Bonchev–Trinajstić information content (AvgIpc) is 2.42. The van der Waals surface area contributed by atoms with Crippen LogP contribution in [0.5, 0.6) is 0 Å². The molecule has 2 amide bonds. The summed E-state index contributed by atoms with van der Waals surface area (Å²) in [6, 6.07) is 8.71. The Kier molecular flexibility index (Phi) is 6.90. The van der Waals surface area contributed by atoms with Gasteiger partial charge in [-0.3, -0.25) is 20.4 Å². The molecule has 0 radical (unpaired) electrons. The van der Waals surface area contributed by atoms with Gasteiger partial charge in [0.1, 0.15) is 0 Å². The van der Waals surface area contributed by atoms with E-state index in [1.807, 2.05) is 6.07 Å². The maximum absolute atomic E-state index is 11.6. The standard InChI is InChI=1S/C12H17N3O2S/c13-7-4-8-18-9-11(16)14-15-12(17)10-5-2-1-3-6-10/h1-3,5-6H,4,7-9,13H2,(H,14,16)(H,15,17). The smallest absolute Gasteiger partial charge is 0.269 e. The van der Waals surface area contributed by atoms with E-state index in [0.29, 0.717) is 17.9 Å². The molecule has 0 aliphatic heterocycles. The monoisotopic (exact) mass is 267 g/mol. The summed E-state index contributed by atoms with van der Waals surface area (Å²) in [7, 11) is 0. The summed E-state index contributed by atoms with van der Waals surface area (Å²) in [5, 5.41) is 0. The van der Waals surface area contributed by atoms with Crippen LogP contribution in [0.4, 0.5) is 0 Å². The molecular formula is C12H17N3O2S. The van der Waals surface area contributed by atoms with Crippen LogP contribution in [0.15, 0.2) is 30.3 Å².